The van der Waals surface area contributed by atoms with Crippen molar-refractivity contribution in [2.45, 2.75) is 60.5 Å². The fourth-order valence-corrected chi connectivity index (χ4v) is 4.72. The standard InChI is InChI=1S/C14H10O2.C11H22/c15-9-16-14-12-7-3-1-5-10(12)11-6-2-4-8-13(11)14;1-9(2,3)7-11(6)8-10(11,4)5/h1-9,14H;7-8H2,1-6H3. The molecule has 0 saturated heterocycles. The summed E-state index contributed by atoms with van der Waals surface area (Å²) in [6, 6.07) is 16.0. The van der Waals surface area contributed by atoms with Crippen LogP contribution in [-0.2, 0) is 9.53 Å². The topological polar surface area (TPSA) is 26.3 Å². The Balaban J connectivity index is 0.000000168. The smallest absolute Gasteiger partial charge is 0.294 e. The van der Waals surface area contributed by atoms with Crippen LogP contribution in [0, 0.1) is 16.2 Å². The van der Waals surface area contributed by atoms with E-state index in [-0.39, 0.29) is 6.10 Å². The Bertz CT molecular complexity index is 783. The second-order valence-corrected chi connectivity index (χ2v) is 10.1. The second-order valence-electron chi connectivity index (χ2n) is 10.1. The van der Waals surface area contributed by atoms with E-state index < -0.39 is 0 Å². The highest BCUT2D eigenvalue weighted by atomic mass is 16.5. The Kier molecular flexibility index (Phi) is 4.96. The summed E-state index contributed by atoms with van der Waals surface area (Å²) in [6.45, 7) is 14.7. The van der Waals surface area contributed by atoms with Gasteiger partial charge in [-0.3, -0.25) is 4.79 Å². The summed E-state index contributed by atoms with van der Waals surface area (Å²) < 4.78 is 5.18. The fourth-order valence-electron chi connectivity index (χ4n) is 4.72. The molecule has 27 heavy (non-hydrogen) atoms. The first-order valence-electron chi connectivity index (χ1n) is 9.85. The molecule has 2 aliphatic carbocycles. The van der Waals surface area contributed by atoms with Crippen LogP contribution in [0.4, 0.5) is 0 Å². The zero-order chi connectivity index (χ0) is 19.9. The van der Waals surface area contributed by atoms with E-state index in [0.717, 1.165) is 22.3 Å². The van der Waals surface area contributed by atoms with Gasteiger partial charge in [0.1, 0.15) is 0 Å². The monoisotopic (exact) mass is 364 g/mol. The van der Waals surface area contributed by atoms with Crippen molar-refractivity contribution in [3.05, 3.63) is 59.7 Å². The number of carbonyl (C=O) groups excluding carboxylic acids is 1. The summed E-state index contributed by atoms with van der Waals surface area (Å²) in [5.74, 6) is 0. The lowest BCUT2D eigenvalue weighted by Crippen LogP contribution is -2.15. The number of benzene rings is 2. The number of hydrogen-bond acceptors (Lipinski definition) is 2. The van der Waals surface area contributed by atoms with Gasteiger partial charge < -0.3 is 4.74 Å². The predicted octanol–water partition coefficient (Wildman–Crippen LogP) is 6.79. The van der Waals surface area contributed by atoms with Gasteiger partial charge >= 0.3 is 0 Å². The zero-order valence-electron chi connectivity index (χ0n) is 17.5. The third-order valence-corrected chi connectivity index (χ3v) is 6.23. The quantitative estimate of drug-likeness (QED) is 0.561. The van der Waals surface area contributed by atoms with Gasteiger partial charge in [-0.15, -0.1) is 0 Å². The molecule has 0 N–H and O–H groups in total. The highest BCUT2D eigenvalue weighted by molar-refractivity contribution is 5.78. The van der Waals surface area contributed by atoms with Crippen LogP contribution in [-0.4, -0.2) is 6.47 Å². The maximum Gasteiger partial charge on any atom is 0.294 e. The molecule has 0 spiro atoms. The lowest BCUT2D eigenvalue weighted by Gasteiger charge is -2.25. The minimum Gasteiger partial charge on any atom is -0.455 e. The van der Waals surface area contributed by atoms with Gasteiger partial charge in [0.25, 0.3) is 6.47 Å². The second kappa shape index (κ2) is 6.82. The molecule has 0 amide bonds. The number of fused-ring (bicyclic) bond motifs is 3. The van der Waals surface area contributed by atoms with E-state index in [2.05, 4.69) is 53.7 Å². The molecule has 1 unspecified atom stereocenters. The van der Waals surface area contributed by atoms with E-state index in [1.807, 2.05) is 36.4 Å². The van der Waals surface area contributed by atoms with Gasteiger partial charge in [0, 0.05) is 11.1 Å². The highest BCUT2D eigenvalue weighted by Gasteiger charge is 2.57. The van der Waals surface area contributed by atoms with Crippen molar-refractivity contribution in [3.8, 4) is 11.1 Å². The molecular formula is C25H32O2. The Hall–Kier alpha value is -2.09. The Morgan fingerprint density at radius 2 is 1.41 bits per heavy atom. The number of rotatable bonds is 3. The maximum absolute atomic E-state index is 10.6. The number of ether oxygens (including phenoxy) is 1. The summed E-state index contributed by atoms with van der Waals surface area (Å²) in [6.07, 6.45) is 2.54. The predicted molar refractivity (Wildman–Crippen MR) is 111 cm³/mol. The van der Waals surface area contributed by atoms with Crippen molar-refractivity contribution in [3.63, 3.8) is 0 Å². The molecular weight excluding hydrogens is 332 g/mol. The van der Waals surface area contributed by atoms with Gasteiger partial charge in [0.15, 0.2) is 6.10 Å². The minimum atomic E-state index is -0.245. The SMILES string of the molecule is CC(C)(C)CC1(C)CC1(C)C.O=COC1c2ccccc2-c2ccccc21. The molecule has 2 nitrogen and oxygen atoms in total. The van der Waals surface area contributed by atoms with Crippen LogP contribution in [0.2, 0.25) is 0 Å². The van der Waals surface area contributed by atoms with E-state index in [9.17, 15) is 4.79 Å². The summed E-state index contributed by atoms with van der Waals surface area (Å²) in [7, 11) is 0. The van der Waals surface area contributed by atoms with Crippen LogP contribution in [0.5, 0.6) is 0 Å². The molecule has 0 aromatic heterocycles. The first-order chi connectivity index (χ1) is 12.6. The summed E-state index contributed by atoms with van der Waals surface area (Å²) in [5, 5.41) is 0. The van der Waals surface area contributed by atoms with Crippen molar-refractivity contribution in [1.29, 1.82) is 0 Å². The van der Waals surface area contributed by atoms with Crippen LogP contribution in [0.3, 0.4) is 0 Å². The van der Waals surface area contributed by atoms with Crippen molar-refractivity contribution in [2.24, 2.45) is 16.2 Å². The van der Waals surface area contributed by atoms with E-state index in [4.69, 9.17) is 4.74 Å². The molecule has 2 aromatic rings. The van der Waals surface area contributed by atoms with Crippen molar-refractivity contribution >= 4 is 6.47 Å². The van der Waals surface area contributed by atoms with Crippen LogP contribution in [0.15, 0.2) is 48.5 Å². The van der Waals surface area contributed by atoms with Crippen molar-refractivity contribution in [1.82, 2.24) is 0 Å². The molecule has 2 heteroatoms. The lowest BCUT2D eigenvalue weighted by atomic mass is 9.80. The fraction of sp³-hybridized carbons (Fsp3) is 0.480. The number of carbonyl (C=O) groups is 1. The number of hydrogen-bond donors (Lipinski definition) is 0. The van der Waals surface area contributed by atoms with Crippen LogP contribution < -0.4 is 0 Å². The van der Waals surface area contributed by atoms with E-state index in [1.165, 1.54) is 12.8 Å². The molecule has 0 radical (unpaired) electrons. The Morgan fingerprint density at radius 3 is 1.74 bits per heavy atom. The summed E-state index contributed by atoms with van der Waals surface area (Å²) in [5.41, 5.74) is 6.19. The van der Waals surface area contributed by atoms with Crippen molar-refractivity contribution in [2.75, 3.05) is 0 Å². The van der Waals surface area contributed by atoms with Crippen LogP contribution >= 0.6 is 0 Å². The van der Waals surface area contributed by atoms with E-state index >= 15 is 0 Å². The maximum atomic E-state index is 10.6. The first-order valence-corrected chi connectivity index (χ1v) is 9.85. The first kappa shape index (κ1) is 19.7. The van der Waals surface area contributed by atoms with Crippen LogP contribution in [0.25, 0.3) is 11.1 Å². The third kappa shape index (κ3) is 3.95. The third-order valence-electron chi connectivity index (χ3n) is 6.23. The Labute approximate surface area is 164 Å². The highest BCUT2D eigenvalue weighted by Crippen LogP contribution is 2.67. The molecule has 0 bridgehead atoms. The van der Waals surface area contributed by atoms with Gasteiger partial charge in [0.05, 0.1) is 0 Å². The van der Waals surface area contributed by atoms with Crippen LogP contribution in [0.1, 0.15) is 71.6 Å². The van der Waals surface area contributed by atoms with Gasteiger partial charge in [-0.05, 0) is 40.2 Å². The molecule has 0 aliphatic heterocycles. The lowest BCUT2D eigenvalue weighted by molar-refractivity contribution is -0.131. The average molecular weight is 365 g/mol. The molecule has 0 heterocycles. The van der Waals surface area contributed by atoms with Gasteiger partial charge in [-0.1, -0.05) is 90.1 Å². The summed E-state index contributed by atoms with van der Waals surface area (Å²) >= 11 is 0. The van der Waals surface area contributed by atoms with E-state index in [1.54, 1.807) is 0 Å². The zero-order valence-corrected chi connectivity index (χ0v) is 17.5. The molecule has 1 saturated carbocycles. The van der Waals surface area contributed by atoms with E-state index in [0.29, 0.717) is 22.7 Å². The largest absolute Gasteiger partial charge is 0.455 e. The van der Waals surface area contributed by atoms with Gasteiger partial charge in [-0.2, -0.15) is 0 Å². The van der Waals surface area contributed by atoms with Gasteiger partial charge in [0.2, 0.25) is 0 Å². The molecule has 1 fully saturated rings. The minimum absolute atomic E-state index is 0.245. The molecule has 2 aliphatic rings. The summed E-state index contributed by atoms with van der Waals surface area (Å²) in [4.78, 5) is 10.6. The van der Waals surface area contributed by atoms with Gasteiger partial charge in [-0.25, -0.2) is 0 Å². The normalized spacial score (nSPS) is 22.1. The Morgan fingerprint density at radius 1 is 0.963 bits per heavy atom. The average Bonchev–Trinajstić information content (AvgIpc) is 2.93. The molecule has 2 aromatic carbocycles. The molecule has 144 valence electrons. The molecule has 1 atom stereocenters. The van der Waals surface area contributed by atoms with Crippen molar-refractivity contribution < 1.29 is 9.53 Å². The molecule has 4 rings (SSSR count).